The molecule has 0 bridgehead atoms. The van der Waals surface area contributed by atoms with E-state index in [1.807, 2.05) is 19.1 Å². The van der Waals surface area contributed by atoms with Crippen LogP contribution in [-0.4, -0.2) is 22.3 Å². The number of pyridine rings is 1. The Morgan fingerprint density at radius 1 is 1.40 bits per heavy atom. The number of aromatic nitrogens is 3. The first-order valence-corrected chi connectivity index (χ1v) is 4.53. The molecular weight excluding hydrogens is 192 g/mol. The first-order chi connectivity index (χ1) is 7.20. The van der Waals surface area contributed by atoms with E-state index < -0.39 is 0 Å². The molecule has 2 aromatic rings. The second kappa shape index (κ2) is 3.61. The molecule has 78 valence electrons. The normalized spacial score (nSPS) is 10.3. The molecule has 0 saturated carbocycles. The van der Waals surface area contributed by atoms with Gasteiger partial charge < -0.3 is 10.5 Å². The number of rotatable bonds is 2. The number of ether oxygens (including phenoxy) is 1. The molecule has 0 atom stereocenters. The van der Waals surface area contributed by atoms with Crippen molar-refractivity contribution in [1.82, 2.24) is 15.2 Å². The van der Waals surface area contributed by atoms with Gasteiger partial charge in [0.25, 0.3) is 0 Å². The van der Waals surface area contributed by atoms with Gasteiger partial charge in [-0.1, -0.05) is 0 Å². The summed E-state index contributed by atoms with van der Waals surface area (Å²) in [5.74, 6) is 1.02. The zero-order valence-corrected chi connectivity index (χ0v) is 8.61. The molecule has 0 radical (unpaired) electrons. The Kier molecular flexibility index (Phi) is 2.29. The highest BCUT2D eigenvalue weighted by molar-refractivity contribution is 5.67. The second-order valence-corrected chi connectivity index (χ2v) is 3.22. The quantitative estimate of drug-likeness (QED) is 0.774. The van der Waals surface area contributed by atoms with Crippen LogP contribution in [0.1, 0.15) is 5.69 Å². The highest BCUT2D eigenvalue weighted by Crippen LogP contribution is 2.27. The molecule has 0 aliphatic carbocycles. The number of aromatic amines is 1. The van der Waals surface area contributed by atoms with Crippen molar-refractivity contribution in [3.8, 4) is 17.1 Å². The standard InChI is InChI=1S/C10H12N4O/c1-6-3-4-7(10(12-6)15-2)8-5-9(11)14-13-8/h3-5H,1-2H3,(H3,11,13,14). The maximum absolute atomic E-state index is 5.53. The summed E-state index contributed by atoms with van der Waals surface area (Å²) in [4.78, 5) is 4.27. The molecule has 0 aliphatic rings. The maximum Gasteiger partial charge on any atom is 0.222 e. The van der Waals surface area contributed by atoms with Crippen molar-refractivity contribution in [3.05, 3.63) is 23.9 Å². The minimum atomic E-state index is 0.452. The van der Waals surface area contributed by atoms with Gasteiger partial charge in [-0.2, -0.15) is 5.10 Å². The van der Waals surface area contributed by atoms with Crippen molar-refractivity contribution in [2.24, 2.45) is 0 Å². The molecule has 0 amide bonds. The minimum absolute atomic E-state index is 0.452. The molecule has 0 aliphatic heterocycles. The van der Waals surface area contributed by atoms with Gasteiger partial charge >= 0.3 is 0 Å². The average molecular weight is 204 g/mol. The molecule has 3 N–H and O–H groups in total. The van der Waals surface area contributed by atoms with Gasteiger partial charge in [-0.3, -0.25) is 5.10 Å². The fourth-order valence-corrected chi connectivity index (χ4v) is 1.37. The van der Waals surface area contributed by atoms with E-state index in [1.54, 1.807) is 13.2 Å². The molecule has 2 rings (SSSR count). The first-order valence-electron chi connectivity index (χ1n) is 4.53. The van der Waals surface area contributed by atoms with Crippen LogP contribution in [-0.2, 0) is 0 Å². The third kappa shape index (κ3) is 1.76. The van der Waals surface area contributed by atoms with Crippen molar-refractivity contribution in [3.63, 3.8) is 0 Å². The number of nitrogens with zero attached hydrogens (tertiary/aromatic N) is 2. The Balaban J connectivity index is 2.52. The fraction of sp³-hybridized carbons (Fsp3) is 0.200. The zero-order valence-electron chi connectivity index (χ0n) is 8.61. The van der Waals surface area contributed by atoms with Gasteiger partial charge in [-0.05, 0) is 19.1 Å². The summed E-state index contributed by atoms with van der Waals surface area (Å²) in [6.45, 7) is 1.91. The average Bonchev–Trinajstić information content (AvgIpc) is 2.64. The van der Waals surface area contributed by atoms with E-state index >= 15 is 0 Å². The number of nitrogens with one attached hydrogen (secondary N) is 1. The molecule has 0 aromatic carbocycles. The Labute approximate surface area is 87.3 Å². The number of methoxy groups -OCH3 is 1. The summed E-state index contributed by atoms with van der Waals surface area (Å²) in [6.07, 6.45) is 0. The number of anilines is 1. The number of nitrogens with two attached hydrogens (primary N) is 1. The molecular formula is C10H12N4O. The van der Waals surface area contributed by atoms with Crippen LogP contribution in [0.15, 0.2) is 18.2 Å². The lowest BCUT2D eigenvalue weighted by atomic mass is 10.2. The molecule has 0 unspecified atom stereocenters. The summed E-state index contributed by atoms with van der Waals surface area (Å²) >= 11 is 0. The first kappa shape index (κ1) is 9.51. The molecule has 2 aromatic heterocycles. The summed E-state index contributed by atoms with van der Waals surface area (Å²) in [7, 11) is 1.59. The number of hydrogen-bond acceptors (Lipinski definition) is 4. The van der Waals surface area contributed by atoms with E-state index in [1.165, 1.54) is 0 Å². The van der Waals surface area contributed by atoms with Gasteiger partial charge in [0.15, 0.2) is 0 Å². The zero-order chi connectivity index (χ0) is 10.8. The third-order valence-electron chi connectivity index (χ3n) is 2.08. The smallest absolute Gasteiger partial charge is 0.222 e. The highest BCUT2D eigenvalue weighted by Gasteiger charge is 2.09. The minimum Gasteiger partial charge on any atom is -0.480 e. The van der Waals surface area contributed by atoms with Gasteiger partial charge in [0, 0.05) is 11.8 Å². The summed E-state index contributed by atoms with van der Waals surface area (Å²) < 4.78 is 5.19. The topological polar surface area (TPSA) is 76.8 Å². The Morgan fingerprint density at radius 2 is 2.20 bits per heavy atom. The highest BCUT2D eigenvalue weighted by atomic mass is 16.5. The summed E-state index contributed by atoms with van der Waals surface area (Å²) in [5.41, 5.74) is 8.10. The summed E-state index contributed by atoms with van der Waals surface area (Å²) in [6, 6.07) is 5.58. The van der Waals surface area contributed by atoms with Crippen LogP contribution in [0, 0.1) is 6.92 Å². The van der Waals surface area contributed by atoms with Crippen molar-refractivity contribution >= 4 is 5.82 Å². The third-order valence-corrected chi connectivity index (χ3v) is 2.08. The number of aryl methyl sites for hydroxylation is 1. The molecule has 0 fully saturated rings. The lowest BCUT2D eigenvalue weighted by molar-refractivity contribution is 0.398. The van der Waals surface area contributed by atoms with Crippen LogP contribution in [0.4, 0.5) is 5.82 Å². The van der Waals surface area contributed by atoms with Gasteiger partial charge in [0.1, 0.15) is 5.82 Å². The monoisotopic (exact) mass is 204 g/mol. The van der Waals surface area contributed by atoms with E-state index in [0.29, 0.717) is 11.7 Å². The molecule has 0 spiro atoms. The molecule has 2 heterocycles. The van der Waals surface area contributed by atoms with E-state index in [-0.39, 0.29) is 0 Å². The van der Waals surface area contributed by atoms with E-state index in [2.05, 4.69) is 15.2 Å². The van der Waals surface area contributed by atoms with Crippen LogP contribution in [0.5, 0.6) is 5.88 Å². The number of nitrogen functional groups attached to an aromatic ring is 1. The largest absolute Gasteiger partial charge is 0.480 e. The van der Waals surface area contributed by atoms with Crippen molar-refractivity contribution in [1.29, 1.82) is 0 Å². The van der Waals surface area contributed by atoms with Crippen LogP contribution in [0.25, 0.3) is 11.3 Å². The lowest BCUT2D eigenvalue weighted by Crippen LogP contribution is -1.93. The second-order valence-electron chi connectivity index (χ2n) is 3.22. The van der Waals surface area contributed by atoms with Gasteiger partial charge in [-0.25, -0.2) is 4.98 Å². The van der Waals surface area contributed by atoms with Gasteiger partial charge in [0.2, 0.25) is 5.88 Å². The SMILES string of the molecule is COc1nc(C)ccc1-c1cc(N)n[nH]1. The molecule has 5 nitrogen and oxygen atoms in total. The van der Waals surface area contributed by atoms with E-state index in [9.17, 15) is 0 Å². The molecule has 0 saturated heterocycles. The van der Waals surface area contributed by atoms with E-state index in [0.717, 1.165) is 17.0 Å². The number of hydrogen-bond donors (Lipinski definition) is 2. The summed E-state index contributed by atoms with van der Waals surface area (Å²) in [5, 5.41) is 6.68. The molecule has 15 heavy (non-hydrogen) atoms. The fourth-order valence-electron chi connectivity index (χ4n) is 1.37. The van der Waals surface area contributed by atoms with E-state index in [4.69, 9.17) is 10.5 Å². The maximum atomic E-state index is 5.53. The Morgan fingerprint density at radius 3 is 2.80 bits per heavy atom. The lowest BCUT2D eigenvalue weighted by Gasteiger charge is -2.05. The van der Waals surface area contributed by atoms with Crippen LogP contribution in [0.3, 0.4) is 0 Å². The van der Waals surface area contributed by atoms with Crippen LogP contribution in [0.2, 0.25) is 0 Å². The van der Waals surface area contributed by atoms with Gasteiger partial charge in [-0.15, -0.1) is 0 Å². The van der Waals surface area contributed by atoms with Crippen LogP contribution >= 0.6 is 0 Å². The predicted octanol–water partition coefficient (Wildman–Crippen LogP) is 1.37. The van der Waals surface area contributed by atoms with Crippen LogP contribution < -0.4 is 10.5 Å². The number of H-pyrrole nitrogens is 1. The Hall–Kier alpha value is -2.04. The van der Waals surface area contributed by atoms with Crippen molar-refractivity contribution in [2.75, 3.05) is 12.8 Å². The van der Waals surface area contributed by atoms with Gasteiger partial charge in [0.05, 0.1) is 18.4 Å². The van der Waals surface area contributed by atoms with Crippen molar-refractivity contribution < 1.29 is 4.74 Å². The molecule has 5 heteroatoms. The van der Waals surface area contributed by atoms with Crippen molar-refractivity contribution in [2.45, 2.75) is 6.92 Å². The predicted molar refractivity (Wildman–Crippen MR) is 57.5 cm³/mol. The Bertz CT molecular complexity index is 478.